The standard InChI is InChI=1S/C9H11BrClN3O/c1-2-7(8(12)15)14-9-6(11)3-5(10)4-13-9/h3-4,7H,2H2,1H3,(H2,12,15)(H,13,14). The normalized spacial score (nSPS) is 12.2. The van der Waals surface area contributed by atoms with Gasteiger partial charge in [-0.2, -0.15) is 0 Å². The van der Waals surface area contributed by atoms with Crippen LogP contribution in [0.5, 0.6) is 0 Å². The van der Waals surface area contributed by atoms with E-state index in [4.69, 9.17) is 17.3 Å². The zero-order chi connectivity index (χ0) is 11.4. The van der Waals surface area contributed by atoms with Crippen LogP contribution in [0.25, 0.3) is 0 Å². The van der Waals surface area contributed by atoms with Gasteiger partial charge < -0.3 is 11.1 Å². The minimum atomic E-state index is -0.448. The highest BCUT2D eigenvalue weighted by molar-refractivity contribution is 9.10. The van der Waals surface area contributed by atoms with Crippen molar-refractivity contribution in [1.29, 1.82) is 0 Å². The average Bonchev–Trinajstić information content (AvgIpc) is 2.16. The number of nitrogens with two attached hydrogens (primary N) is 1. The Morgan fingerprint density at radius 3 is 2.93 bits per heavy atom. The maximum absolute atomic E-state index is 11.0. The first kappa shape index (κ1) is 12.3. The molecule has 1 unspecified atom stereocenters. The molecule has 1 amide bonds. The molecular formula is C9H11BrClN3O. The summed E-state index contributed by atoms with van der Waals surface area (Å²) in [5.74, 6) is 0.0452. The van der Waals surface area contributed by atoms with Crippen molar-refractivity contribution in [3.05, 3.63) is 21.8 Å². The first-order valence-corrected chi connectivity index (χ1v) is 5.58. The van der Waals surface area contributed by atoms with E-state index in [-0.39, 0.29) is 0 Å². The van der Waals surface area contributed by atoms with Crippen molar-refractivity contribution in [3.63, 3.8) is 0 Å². The molecule has 0 spiro atoms. The third kappa shape index (κ3) is 3.35. The zero-order valence-corrected chi connectivity index (χ0v) is 10.5. The van der Waals surface area contributed by atoms with E-state index in [0.29, 0.717) is 17.3 Å². The van der Waals surface area contributed by atoms with E-state index in [1.165, 1.54) is 0 Å². The van der Waals surface area contributed by atoms with Gasteiger partial charge in [0.1, 0.15) is 11.9 Å². The molecule has 0 aliphatic carbocycles. The first-order chi connectivity index (χ1) is 7.04. The van der Waals surface area contributed by atoms with Crippen LogP contribution in [0.2, 0.25) is 5.02 Å². The van der Waals surface area contributed by atoms with Gasteiger partial charge in [-0.15, -0.1) is 0 Å². The van der Waals surface area contributed by atoms with E-state index in [2.05, 4.69) is 26.2 Å². The fourth-order valence-corrected chi connectivity index (χ4v) is 1.74. The summed E-state index contributed by atoms with van der Waals surface area (Å²) in [6, 6.07) is 1.25. The van der Waals surface area contributed by atoms with E-state index < -0.39 is 11.9 Å². The van der Waals surface area contributed by atoms with Gasteiger partial charge in [-0.05, 0) is 28.4 Å². The molecule has 82 valence electrons. The quantitative estimate of drug-likeness (QED) is 0.893. The number of hydrogen-bond donors (Lipinski definition) is 2. The maximum atomic E-state index is 11.0. The largest absolute Gasteiger partial charge is 0.368 e. The van der Waals surface area contributed by atoms with E-state index >= 15 is 0 Å². The van der Waals surface area contributed by atoms with Crippen molar-refractivity contribution in [2.75, 3.05) is 5.32 Å². The minimum absolute atomic E-state index is 0.418. The monoisotopic (exact) mass is 291 g/mol. The van der Waals surface area contributed by atoms with Gasteiger partial charge in [0.15, 0.2) is 0 Å². The molecule has 1 rings (SSSR count). The summed E-state index contributed by atoms with van der Waals surface area (Å²) in [7, 11) is 0. The van der Waals surface area contributed by atoms with E-state index in [1.807, 2.05) is 6.92 Å². The SMILES string of the molecule is CCC(Nc1ncc(Br)cc1Cl)C(N)=O. The van der Waals surface area contributed by atoms with Crippen molar-refractivity contribution in [1.82, 2.24) is 4.98 Å². The lowest BCUT2D eigenvalue weighted by Gasteiger charge is -2.14. The Hall–Kier alpha value is -0.810. The summed E-state index contributed by atoms with van der Waals surface area (Å²) in [4.78, 5) is 15.0. The Labute approximate surface area is 101 Å². The second-order valence-corrected chi connectivity index (χ2v) is 4.31. The summed E-state index contributed by atoms with van der Waals surface area (Å²) >= 11 is 9.17. The van der Waals surface area contributed by atoms with Crippen LogP contribution in [0, 0.1) is 0 Å². The van der Waals surface area contributed by atoms with Crippen LogP contribution in [-0.2, 0) is 4.79 Å². The van der Waals surface area contributed by atoms with E-state index in [1.54, 1.807) is 12.3 Å². The Balaban J connectivity index is 2.84. The van der Waals surface area contributed by atoms with Gasteiger partial charge in [-0.3, -0.25) is 4.79 Å². The van der Waals surface area contributed by atoms with Crippen LogP contribution >= 0.6 is 27.5 Å². The highest BCUT2D eigenvalue weighted by atomic mass is 79.9. The third-order valence-electron chi connectivity index (χ3n) is 1.87. The summed E-state index contributed by atoms with van der Waals surface area (Å²) in [6.07, 6.45) is 2.19. The molecule has 0 fully saturated rings. The summed E-state index contributed by atoms with van der Waals surface area (Å²) in [6.45, 7) is 1.86. The second kappa shape index (κ2) is 5.32. The molecule has 15 heavy (non-hydrogen) atoms. The lowest BCUT2D eigenvalue weighted by atomic mass is 10.2. The molecule has 0 bridgehead atoms. The molecular weight excluding hydrogens is 281 g/mol. The van der Waals surface area contributed by atoms with Crippen LogP contribution in [0.4, 0.5) is 5.82 Å². The molecule has 6 heteroatoms. The van der Waals surface area contributed by atoms with Gasteiger partial charge >= 0.3 is 0 Å². The number of pyridine rings is 1. The predicted molar refractivity (Wildman–Crippen MR) is 63.8 cm³/mol. The molecule has 3 N–H and O–H groups in total. The topological polar surface area (TPSA) is 68.0 Å². The number of carbonyl (C=O) groups excluding carboxylic acids is 1. The molecule has 4 nitrogen and oxygen atoms in total. The fourth-order valence-electron chi connectivity index (χ4n) is 1.06. The molecule has 1 aromatic heterocycles. The van der Waals surface area contributed by atoms with Crippen molar-refractivity contribution < 1.29 is 4.79 Å². The highest BCUT2D eigenvalue weighted by Gasteiger charge is 2.14. The van der Waals surface area contributed by atoms with Crippen LogP contribution in [0.15, 0.2) is 16.7 Å². The molecule has 1 atom stereocenters. The van der Waals surface area contributed by atoms with E-state index in [0.717, 1.165) is 4.47 Å². The number of hydrogen-bond acceptors (Lipinski definition) is 3. The number of nitrogens with zero attached hydrogens (tertiary/aromatic N) is 1. The second-order valence-electron chi connectivity index (χ2n) is 2.99. The Bertz CT molecular complexity index is 372. The summed E-state index contributed by atoms with van der Waals surface area (Å²) in [5, 5.41) is 3.33. The van der Waals surface area contributed by atoms with Gasteiger partial charge in [0.05, 0.1) is 5.02 Å². The maximum Gasteiger partial charge on any atom is 0.239 e. The van der Waals surface area contributed by atoms with Crippen LogP contribution in [0.1, 0.15) is 13.3 Å². The lowest BCUT2D eigenvalue weighted by Crippen LogP contribution is -2.35. The summed E-state index contributed by atoms with van der Waals surface area (Å²) < 4.78 is 0.783. The fraction of sp³-hybridized carbons (Fsp3) is 0.333. The smallest absolute Gasteiger partial charge is 0.239 e. The van der Waals surface area contributed by atoms with Crippen LogP contribution in [-0.4, -0.2) is 16.9 Å². The lowest BCUT2D eigenvalue weighted by molar-refractivity contribution is -0.118. The Morgan fingerprint density at radius 2 is 2.47 bits per heavy atom. The van der Waals surface area contributed by atoms with Gasteiger partial charge in [0, 0.05) is 10.7 Å². The molecule has 0 aliphatic heterocycles. The number of rotatable bonds is 4. The van der Waals surface area contributed by atoms with Crippen molar-refractivity contribution in [2.24, 2.45) is 5.73 Å². The molecule has 1 heterocycles. The number of anilines is 1. The Kier molecular flexibility index (Phi) is 4.35. The highest BCUT2D eigenvalue weighted by Crippen LogP contribution is 2.23. The number of primary amides is 1. The van der Waals surface area contributed by atoms with Gasteiger partial charge in [-0.1, -0.05) is 18.5 Å². The van der Waals surface area contributed by atoms with Crippen LogP contribution < -0.4 is 11.1 Å². The predicted octanol–water partition coefficient (Wildman–Crippen LogP) is 2.17. The van der Waals surface area contributed by atoms with Crippen molar-refractivity contribution in [2.45, 2.75) is 19.4 Å². The molecule has 0 saturated carbocycles. The number of amides is 1. The minimum Gasteiger partial charge on any atom is -0.368 e. The third-order valence-corrected chi connectivity index (χ3v) is 2.59. The molecule has 0 aliphatic rings. The average molecular weight is 293 g/mol. The van der Waals surface area contributed by atoms with Crippen molar-refractivity contribution >= 4 is 39.3 Å². The number of nitrogens with one attached hydrogen (secondary N) is 1. The molecule has 0 radical (unpaired) electrons. The van der Waals surface area contributed by atoms with Crippen molar-refractivity contribution in [3.8, 4) is 0 Å². The number of aromatic nitrogens is 1. The first-order valence-electron chi connectivity index (χ1n) is 4.41. The zero-order valence-electron chi connectivity index (χ0n) is 8.13. The Morgan fingerprint density at radius 1 is 1.80 bits per heavy atom. The molecule has 0 saturated heterocycles. The number of carbonyl (C=O) groups is 1. The van der Waals surface area contributed by atoms with Gasteiger partial charge in [0.25, 0.3) is 0 Å². The van der Waals surface area contributed by atoms with Crippen LogP contribution in [0.3, 0.4) is 0 Å². The molecule has 1 aromatic rings. The van der Waals surface area contributed by atoms with Gasteiger partial charge in [-0.25, -0.2) is 4.98 Å². The van der Waals surface area contributed by atoms with E-state index in [9.17, 15) is 4.79 Å². The van der Waals surface area contributed by atoms with Gasteiger partial charge in [0.2, 0.25) is 5.91 Å². The number of halogens is 2. The molecule has 0 aromatic carbocycles. The summed E-state index contributed by atoms with van der Waals surface area (Å²) in [5.41, 5.74) is 5.19.